The number of carbonyl (C=O) groups excluding carboxylic acids is 1. The molecule has 6 nitrogen and oxygen atoms in total. The second kappa shape index (κ2) is 22.0. The van der Waals surface area contributed by atoms with Crippen LogP contribution >= 0.6 is 46.6 Å². The van der Waals surface area contributed by atoms with Crippen LogP contribution in [0.15, 0.2) is 57.1 Å². The van der Waals surface area contributed by atoms with Crippen molar-refractivity contribution in [1.29, 1.82) is 5.26 Å². The molecular formula is C38H48Cl3F2N3O3S. The number of hydrogen-bond acceptors (Lipinski definition) is 5. The van der Waals surface area contributed by atoms with Crippen molar-refractivity contribution in [2.45, 2.75) is 115 Å². The number of allylic oxidation sites excluding steroid dienone is 1. The molecule has 0 aliphatic carbocycles. The largest absolute Gasteiger partial charge is 0.496 e. The standard InChI is InChI=1S/C24H16Cl3F2N3O3S.C7H16.C4H8.C3H8/c1-11-5-13-9-32(10-14(13)6-16(11)35-2)23(34)19-17(7-18(24(27,28)29)31-22(19)33)36-21-15(25)4-3-12(8-30)20(21)26;1-3-5-7-6-4-2;1-4(2)3;1-3-2/h3-7H,9-10H2,1-2H3,(H,31,33);3-7H2,1-2H3;1H2,2-3H3;3H2,1-2H3. The number of alkyl halides is 3. The average Bonchev–Trinajstić information content (AvgIpc) is 3.45. The van der Waals surface area contributed by atoms with Gasteiger partial charge in [0.05, 0.1) is 27.6 Å². The summed E-state index contributed by atoms with van der Waals surface area (Å²) < 4.78 is 33.2. The molecule has 1 aromatic heterocycles. The van der Waals surface area contributed by atoms with Crippen LogP contribution in [0.1, 0.15) is 118 Å². The van der Waals surface area contributed by atoms with Gasteiger partial charge in [-0.05, 0) is 73.3 Å². The van der Waals surface area contributed by atoms with E-state index in [2.05, 4.69) is 34.3 Å². The molecule has 0 saturated heterocycles. The number of rotatable bonds is 9. The molecule has 1 aliphatic rings. The lowest BCUT2D eigenvalue weighted by molar-refractivity contribution is 0.0740. The first kappa shape index (κ1) is 45.0. The number of pyridine rings is 1. The van der Waals surface area contributed by atoms with Crippen molar-refractivity contribution in [3.8, 4) is 11.8 Å². The number of amides is 1. The summed E-state index contributed by atoms with van der Waals surface area (Å²) in [7, 11) is 1.54. The Bertz CT molecular complexity index is 1690. The minimum atomic E-state index is -3.91. The summed E-state index contributed by atoms with van der Waals surface area (Å²) in [5, 5.41) is 5.46. The van der Waals surface area contributed by atoms with Crippen molar-refractivity contribution in [3.05, 3.63) is 96.4 Å². The number of halogens is 5. The number of unbranched alkanes of at least 4 members (excludes halogenated alkanes) is 4. The quantitative estimate of drug-likeness (QED) is 0.133. The van der Waals surface area contributed by atoms with Gasteiger partial charge in [0.2, 0.25) is 0 Å². The van der Waals surface area contributed by atoms with E-state index in [1.165, 1.54) is 61.1 Å². The number of nitrogens with one attached hydrogen (secondary N) is 1. The highest BCUT2D eigenvalue weighted by molar-refractivity contribution is 7.99. The van der Waals surface area contributed by atoms with E-state index >= 15 is 0 Å². The van der Waals surface area contributed by atoms with Gasteiger partial charge in [0, 0.05) is 18.0 Å². The third kappa shape index (κ3) is 13.6. The number of nitrogens with zero attached hydrogens (tertiary/aromatic N) is 2. The van der Waals surface area contributed by atoms with Crippen LogP contribution in [0.4, 0.5) is 8.78 Å². The average molecular weight is 771 g/mol. The molecule has 274 valence electrons. The Morgan fingerprint density at radius 1 is 1.06 bits per heavy atom. The highest BCUT2D eigenvalue weighted by atomic mass is 35.5. The highest BCUT2D eigenvalue weighted by Crippen LogP contribution is 2.43. The third-order valence-corrected chi connectivity index (χ3v) is 9.14. The summed E-state index contributed by atoms with van der Waals surface area (Å²) in [5.41, 5.74) is 1.53. The number of methoxy groups -OCH3 is 1. The lowest BCUT2D eigenvalue weighted by Crippen LogP contribution is -2.32. The Morgan fingerprint density at radius 2 is 1.60 bits per heavy atom. The molecule has 50 heavy (non-hydrogen) atoms. The van der Waals surface area contributed by atoms with Gasteiger partial charge in [-0.3, -0.25) is 9.59 Å². The maximum atomic E-state index is 13.9. The van der Waals surface area contributed by atoms with Crippen LogP contribution in [0.2, 0.25) is 10.0 Å². The molecule has 1 aliphatic heterocycles. The maximum absolute atomic E-state index is 13.9. The van der Waals surface area contributed by atoms with Crippen molar-refractivity contribution in [2.75, 3.05) is 7.11 Å². The van der Waals surface area contributed by atoms with Gasteiger partial charge in [0.1, 0.15) is 23.1 Å². The van der Waals surface area contributed by atoms with Gasteiger partial charge in [-0.25, -0.2) is 0 Å². The molecule has 0 atom stereocenters. The smallest absolute Gasteiger partial charge is 0.362 e. The Kier molecular flexibility index (Phi) is 19.8. The summed E-state index contributed by atoms with van der Waals surface area (Å²) >= 11 is 18.5. The first-order chi connectivity index (χ1) is 23.5. The molecule has 4 rings (SSSR count). The first-order valence-electron chi connectivity index (χ1n) is 16.5. The molecule has 0 bridgehead atoms. The summed E-state index contributed by atoms with van der Waals surface area (Å²) in [6.07, 6.45) is 8.26. The van der Waals surface area contributed by atoms with Crippen LogP contribution < -0.4 is 10.3 Å². The zero-order valence-corrected chi connectivity index (χ0v) is 33.3. The van der Waals surface area contributed by atoms with Gasteiger partial charge in [0.25, 0.3) is 11.5 Å². The predicted octanol–water partition coefficient (Wildman–Crippen LogP) is 12.4. The number of benzene rings is 2. The highest BCUT2D eigenvalue weighted by Gasteiger charge is 2.34. The topological polar surface area (TPSA) is 86.2 Å². The Hall–Kier alpha value is -3.03. The van der Waals surface area contributed by atoms with Gasteiger partial charge in [0.15, 0.2) is 0 Å². The molecule has 12 heteroatoms. The van der Waals surface area contributed by atoms with Crippen molar-refractivity contribution in [3.63, 3.8) is 0 Å². The monoisotopic (exact) mass is 769 g/mol. The van der Waals surface area contributed by atoms with E-state index in [1.54, 1.807) is 7.11 Å². The number of nitriles is 1. The summed E-state index contributed by atoms with van der Waals surface area (Å²) in [4.78, 5) is 30.0. The fourth-order valence-corrected chi connectivity index (χ4v) is 6.33. The summed E-state index contributed by atoms with van der Waals surface area (Å²) in [6, 6.07) is 9.34. The lowest BCUT2D eigenvalue weighted by Gasteiger charge is -2.19. The molecule has 1 amide bonds. The molecular weight excluding hydrogens is 723 g/mol. The van der Waals surface area contributed by atoms with Crippen LogP contribution in [0.3, 0.4) is 0 Å². The molecule has 0 unspecified atom stereocenters. The molecule has 2 heterocycles. The van der Waals surface area contributed by atoms with E-state index in [1.807, 2.05) is 44.0 Å². The zero-order chi connectivity index (χ0) is 38.2. The van der Waals surface area contributed by atoms with E-state index in [0.717, 1.165) is 34.5 Å². The minimum absolute atomic E-state index is 0.0380. The van der Waals surface area contributed by atoms with Gasteiger partial charge < -0.3 is 14.6 Å². The summed E-state index contributed by atoms with van der Waals surface area (Å²) in [6.45, 7) is 18.5. The number of H-pyrrole nitrogens is 1. The second-order valence-corrected chi connectivity index (χ2v) is 14.2. The zero-order valence-electron chi connectivity index (χ0n) is 30.2. The van der Waals surface area contributed by atoms with Gasteiger partial charge in [-0.2, -0.15) is 14.0 Å². The molecule has 0 saturated carbocycles. The molecule has 0 fully saturated rings. The van der Waals surface area contributed by atoms with Crippen LogP contribution in [0, 0.1) is 18.3 Å². The second-order valence-electron chi connectivity index (χ2n) is 11.9. The fourth-order valence-electron chi connectivity index (χ4n) is 4.54. The Morgan fingerprint density at radius 3 is 2.08 bits per heavy atom. The Balaban J connectivity index is 0.000000758. The van der Waals surface area contributed by atoms with E-state index < -0.39 is 22.5 Å². The van der Waals surface area contributed by atoms with E-state index in [9.17, 15) is 23.6 Å². The molecule has 1 N–H and O–H groups in total. The minimum Gasteiger partial charge on any atom is -0.496 e. The fraction of sp³-hybridized carbons (Fsp3) is 0.447. The van der Waals surface area contributed by atoms with Crippen molar-refractivity contribution >= 4 is 52.5 Å². The number of aromatic nitrogens is 1. The van der Waals surface area contributed by atoms with Crippen molar-refractivity contribution in [1.82, 2.24) is 9.88 Å². The van der Waals surface area contributed by atoms with Gasteiger partial charge >= 0.3 is 5.38 Å². The van der Waals surface area contributed by atoms with Crippen LogP contribution in [-0.4, -0.2) is 22.9 Å². The molecule has 2 aromatic carbocycles. The number of aryl methyl sites for hydroxylation is 1. The number of ether oxygens (including phenoxy) is 1. The van der Waals surface area contributed by atoms with Gasteiger partial charge in [-0.1, -0.05) is 113 Å². The SMILES string of the molecule is C=C(C)C.CCC.CCCCCCC.COc1cc2c(cc1C)CN(C(=O)c1c(Sc3c(Cl)ccc(C#N)c3Cl)cc(C(F)(F)Cl)[nH]c1=O)C2. The first-order valence-corrected chi connectivity index (χ1v) is 18.4. The normalized spacial score (nSPS) is 11.5. The Labute approximate surface area is 315 Å². The molecule has 0 radical (unpaired) electrons. The van der Waals surface area contributed by atoms with Gasteiger partial charge in [-0.15, -0.1) is 6.58 Å². The summed E-state index contributed by atoms with van der Waals surface area (Å²) in [5.74, 6) is -0.0211. The van der Waals surface area contributed by atoms with E-state index in [-0.39, 0.29) is 44.1 Å². The van der Waals surface area contributed by atoms with Crippen LogP contribution in [0.25, 0.3) is 0 Å². The van der Waals surface area contributed by atoms with E-state index in [4.69, 9.17) is 39.5 Å². The third-order valence-electron chi connectivity index (χ3n) is 6.83. The number of carbonyl (C=O) groups is 1. The maximum Gasteiger partial charge on any atom is 0.362 e. The van der Waals surface area contributed by atoms with Crippen LogP contribution in [-0.2, 0) is 18.5 Å². The predicted molar refractivity (Wildman–Crippen MR) is 204 cm³/mol. The number of hydrogen-bond donors (Lipinski definition) is 1. The van der Waals surface area contributed by atoms with Crippen LogP contribution in [0.5, 0.6) is 5.75 Å². The van der Waals surface area contributed by atoms with Crippen molar-refractivity contribution < 1.29 is 18.3 Å². The molecule has 3 aromatic rings. The lowest BCUT2D eigenvalue weighted by atomic mass is 10.1. The number of aromatic amines is 1. The van der Waals surface area contributed by atoms with E-state index in [0.29, 0.717) is 5.75 Å². The molecule has 0 spiro atoms. The number of fused-ring (bicyclic) bond motifs is 1. The van der Waals surface area contributed by atoms with Crippen molar-refractivity contribution in [2.24, 2.45) is 0 Å².